The molecule has 3 aromatic rings. The van der Waals surface area contributed by atoms with Crippen LogP contribution < -0.4 is 11.2 Å². The Labute approximate surface area is 180 Å². The molecule has 0 spiro atoms. The van der Waals surface area contributed by atoms with Crippen LogP contribution in [0.3, 0.4) is 0 Å². The summed E-state index contributed by atoms with van der Waals surface area (Å²) in [6, 6.07) is 9.32. The first-order valence-corrected chi connectivity index (χ1v) is 10.1. The number of amides is 1. The predicted molar refractivity (Wildman–Crippen MR) is 111 cm³/mol. The van der Waals surface area contributed by atoms with Crippen molar-refractivity contribution in [2.24, 2.45) is 7.05 Å². The van der Waals surface area contributed by atoms with Crippen molar-refractivity contribution in [3.05, 3.63) is 74.1 Å². The molecule has 1 aliphatic rings. The van der Waals surface area contributed by atoms with Crippen molar-refractivity contribution >= 4 is 16.9 Å². The predicted octanol–water partition coefficient (Wildman–Crippen LogP) is 2.65. The Morgan fingerprint density at radius 1 is 1.19 bits per heavy atom. The number of fused-ring (bicyclic) bond motifs is 2. The molecule has 168 valence electrons. The third-order valence-electron chi connectivity index (χ3n) is 5.97. The van der Waals surface area contributed by atoms with E-state index in [0.29, 0.717) is 6.07 Å². The molecule has 0 radical (unpaired) electrons. The first kappa shape index (κ1) is 21.8. The molecule has 10 heteroatoms. The molecule has 4 rings (SSSR count). The standard InChI is InChI=1S/C22H21F3N4O3/c1-27(16-9-5-7-13-6-3-4-8-14(13)16)18(30)12-29-20(31)15-10-11-17(22(23,24)25)26-19(15)28(2)21(29)32/h3-4,6,8,10-11,16H,5,7,9,12H2,1-2H3/t16-/m1/s1. The highest BCUT2D eigenvalue weighted by Gasteiger charge is 2.33. The molecule has 32 heavy (non-hydrogen) atoms. The van der Waals surface area contributed by atoms with E-state index in [1.165, 1.54) is 11.9 Å². The van der Waals surface area contributed by atoms with Gasteiger partial charge in [0, 0.05) is 14.1 Å². The minimum Gasteiger partial charge on any atom is -0.337 e. The van der Waals surface area contributed by atoms with Gasteiger partial charge >= 0.3 is 11.9 Å². The number of pyridine rings is 1. The SMILES string of the molecule is CN(C(=O)Cn1c(=O)c2ccc(C(F)(F)F)nc2n(C)c1=O)[C@@H]1CCCc2ccccc21. The number of benzene rings is 1. The zero-order valence-electron chi connectivity index (χ0n) is 17.5. The van der Waals surface area contributed by atoms with Gasteiger partial charge in [-0.3, -0.25) is 18.7 Å². The lowest BCUT2D eigenvalue weighted by atomic mass is 9.87. The summed E-state index contributed by atoms with van der Waals surface area (Å²) in [5.74, 6) is -0.440. The Morgan fingerprint density at radius 2 is 1.91 bits per heavy atom. The quantitative estimate of drug-likeness (QED) is 0.620. The molecule has 0 unspecified atom stereocenters. The smallest absolute Gasteiger partial charge is 0.337 e. The summed E-state index contributed by atoms with van der Waals surface area (Å²) in [7, 11) is 2.85. The maximum absolute atomic E-state index is 13.0. The molecular weight excluding hydrogens is 425 g/mol. The van der Waals surface area contributed by atoms with Crippen molar-refractivity contribution in [3.63, 3.8) is 0 Å². The van der Waals surface area contributed by atoms with Crippen LogP contribution in [0.1, 0.15) is 35.7 Å². The van der Waals surface area contributed by atoms with Crippen LogP contribution >= 0.6 is 0 Å². The molecule has 0 saturated heterocycles. The lowest BCUT2D eigenvalue weighted by molar-refractivity contribution is -0.141. The lowest BCUT2D eigenvalue weighted by Gasteiger charge is -2.33. The van der Waals surface area contributed by atoms with Crippen LogP contribution in [0.4, 0.5) is 13.2 Å². The number of halogens is 3. The van der Waals surface area contributed by atoms with Crippen LogP contribution in [0.2, 0.25) is 0 Å². The summed E-state index contributed by atoms with van der Waals surface area (Å²) >= 11 is 0. The molecule has 1 aliphatic carbocycles. The van der Waals surface area contributed by atoms with Crippen LogP contribution in [0.25, 0.3) is 11.0 Å². The van der Waals surface area contributed by atoms with Crippen molar-refractivity contribution in [2.75, 3.05) is 7.05 Å². The van der Waals surface area contributed by atoms with Crippen molar-refractivity contribution in [2.45, 2.75) is 38.0 Å². The molecule has 0 aliphatic heterocycles. The summed E-state index contributed by atoms with van der Waals surface area (Å²) in [5.41, 5.74) is -1.14. The van der Waals surface area contributed by atoms with Crippen LogP contribution in [0.5, 0.6) is 0 Å². The zero-order valence-corrected chi connectivity index (χ0v) is 17.5. The van der Waals surface area contributed by atoms with Crippen molar-refractivity contribution < 1.29 is 18.0 Å². The van der Waals surface area contributed by atoms with Gasteiger partial charge in [0.25, 0.3) is 5.56 Å². The topological polar surface area (TPSA) is 77.2 Å². The average molecular weight is 446 g/mol. The average Bonchev–Trinajstić information content (AvgIpc) is 2.78. The van der Waals surface area contributed by atoms with E-state index in [0.717, 1.165) is 45.6 Å². The molecule has 1 amide bonds. The Kier molecular flexibility index (Phi) is 5.39. The van der Waals surface area contributed by atoms with E-state index in [4.69, 9.17) is 0 Å². The number of rotatable bonds is 3. The van der Waals surface area contributed by atoms with Crippen molar-refractivity contribution in [1.82, 2.24) is 19.0 Å². The lowest BCUT2D eigenvalue weighted by Crippen LogP contribution is -2.44. The van der Waals surface area contributed by atoms with Gasteiger partial charge in [-0.05, 0) is 42.5 Å². The van der Waals surface area contributed by atoms with E-state index in [-0.39, 0.29) is 17.1 Å². The largest absolute Gasteiger partial charge is 0.433 e. The first-order valence-electron chi connectivity index (χ1n) is 10.1. The molecule has 1 aromatic carbocycles. The third-order valence-corrected chi connectivity index (χ3v) is 5.97. The van der Waals surface area contributed by atoms with Crippen molar-refractivity contribution in [1.29, 1.82) is 0 Å². The molecular formula is C22H21F3N4O3. The third kappa shape index (κ3) is 3.69. The maximum atomic E-state index is 13.0. The number of aromatic nitrogens is 3. The van der Waals surface area contributed by atoms with Gasteiger partial charge in [0.05, 0.1) is 11.4 Å². The first-order chi connectivity index (χ1) is 15.1. The number of carbonyl (C=O) groups excluding carboxylic acids is 1. The number of alkyl halides is 3. The second-order valence-electron chi connectivity index (χ2n) is 7.91. The van der Waals surface area contributed by atoms with Gasteiger partial charge in [-0.2, -0.15) is 13.2 Å². The summed E-state index contributed by atoms with van der Waals surface area (Å²) < 4.78 is 40.6. The van der Waals surface area contributed by atoms with Gasteiger partial charge < -0.3 is 4.90 Å². The van der Waals surface area contributed by atoms with Gasteiger partial charge in [0.2, 0.25) is 5.91 Å². The second kappa shape index (κ2) is 7.92. The van der Waals surface area contributed by atoms with Gasteiger partial charge in [-0.1, -0.05) is 24.3 Å². The number of nitrogens with zero attached hydrogens (tertiary/aromatic N) is 4. The minimum atomic E-state index is -4.71. The van der Waals surface area contributed by atoms with Gasteiger partial charge in [-0.15, -0.1) is 0 Å². The highest BCUT2D eigenvalue weighted by atomic mass is 19.4. The Hall–Kier alpha value is -3.43. The van der Waals surface area contributed by atoms with Gasteiger partial charge in [0.15, 0.2) is 0 Å². The fourth-order valence-corrected chi connectivity index (χ4v) is 4.22. The number of carbonyl (C=O) groups is 1. The Bertz CT molecular complexity index is 1330. The molecule has 2 heterocycles. The van der Waals surface area contributed by atoms with Crippen molar-refractivity contribution in [3.8, 4) is 0 Å². The molecule has 0 fully saturated rings. The van der Waals surface area contributed by atoms with E-state index in [1.54, 1.807) is 7.05 Å². The summed E-state index contributed by atoms with van der Waals surface area (Å²) in [6.07, 6.45) is -2.13. The summed E-state index contributed by atoms with van der Waals surface area (Å²) in [6.45, 7) is -0.516. The second-order valence-corrected chi connectivity index (χ2v) is 7.91. The van der Waals surface area contributed by atoms with E-state index in [1.807, 2.05) is 24.3 Å². The van der Waals surface area contributed by atoms with Crippen LogP contribution in [0, 0.1) is 0 Å². The zero-order chi connectivity index (χ0) is 23.2. The van der Waals surface area contributed by atoms with Gasteiger partial charge in [0.1, 0.15) is 17.9 Å². The monoisotopic (exact) mass is 446 g/mol. The van der Waals surface area contributed by atoms with Crippen LogP contribution in [0.15, 0.2) is 46.0 Å². The Balaban J connectivity index is 1.70. The molecule has 0 saturated carbocycles. The molecule has 0 N–H and O–H groups in total. The number of aryl methyl sites for hydroxylation is 2. The minimum absolute atomic E-state index is 0.168. The Morgan fingerprint density at radius 3 is 2.62 bits per heavy atom. The van der Waals surface area contributed by atoms with E-state index in [9.17, 15) is 27.6 Å². The molecule has 7 nitrogen and oxygen atoms in total. The molecule has 0 bridgehead atoms. The molecule has 2 aromatic heterocycles. The maximum Gasteiger partial charge on any atom is 0.433 e. The summed E-state index contributed by atoms with van der Waals surface area (Å²) in [5, 5.41) is -0.168. The number of hydrogen-bond acceptors (Lipinski definition) is 4. The normalized spacial score (nSPS) is 16.1. The van der Waals surface area contributed by atoms with Crippen LogP contribution in [-0.2, 0) is 31.0 Å². The number of likely N-dealkylation sites (N-methyl/N-ethyl adjacent to an activating group) is 1. The highest BCUT2D eigenvalue weighted by molar-refractivity contribution is 5.78. The van der Waals surface area contributed by atoms with Crippen LogP contribution in [-0.4, -0.2) is 32.0 Å². The highest BCUT2D eigenvalue weighted by Crippen LogP contribution is 2.33. The van der Waals surface area contributed by atoms with E-state index in [2.05, 4.69) is 4.98 Å². The fourth-order valence-electron chi connectivity index (χ4n) is 4.22. The van der Waals surface area contributed by atoms with E-state index < -0.39 is 35.6 Å². The summed E-state index contributed by atoms with van der Waals surface area (Å²) in [4.78, 5) is 43.6. The van der Waals surface area contributed by atoms with Gasteiger partial charge in [-0.25, -0.2) is 9.78 Å². The fraction of sp³-hybridized carbons (Fsp3) is 0.364. The number of hydrogen-bond donors (Lipinski definition) is 0. The molecule has 1 atom stereocenters. The van der Waals surface area contributed by atoms with E-state index >= 15 is 0 Å².